The van der Waals surface area contributed by atoms with Crippen LogP contribution in [0.5, 0.6) is 0 Å². The molecule has 2 N–H and O–H groups in total. The van der Waals surface area contributed by atoms with Crippen LogP contribution in [0.25, 0.3) is 0 Å². The van der Waals surface area contributed by atoms with Crippen molar-refractivity contribution in [2.75, 3.05) is 27.3 Å². The predicted octanol–water partition coefficient (Wildman–Crippen LogP) is 2.47. The van der Waals surface area contributed by atoms with Crippen molar-refractivity contribution in [1.82, 2.24) is 0 Å². The highest BCUT2D eigenvalue weighted by atomic mass is 35.5. The molecule has 0 amide bonds. The number of sulfonamides is 2. The lowest BCUT2D eigenvalue weighted by Crippen LogP contribution is -2.17. The fourth-order valence-corrected chi connectivity index (χ4v) is 3.64. The molecule has 0 aliphatic heterocycles. The minimum absolute atomic E-state index is 0.0836. The second-order valence-corrected chi connectivity index (χ2v) is 8.76. The average molecular weight is 375 g/mol. The Labute approximate surface area is 134 Å². The summed E-state index contributed by atoms with van der Waals surface area (Å²) in [4.78, 5) is 0. The van der Waals surface area contributed by atoms with Crippen LogP contribution in [0.1, 0.15) is 12.8 Å². The van der Waals surface area contributed by atoms with Gasteiger partial charge in [0.05, 0.1) is 28.4 Å². The number of benzene rings is 1. The summed E-state index contributed by atoms with van der Waals surface area (Å²) in [6.07, 6.45) is 2.02. The maximum absolute atomic E-state index is 11.9. The van der Waals surface area contributed by atoms with Crippen LogP contribution in [0.4, 0.5) is 11.4 Å². The van der Waals surface area contributed by atoms with Crippen LogP contribution in [0.2, 0.25) is 5.02 Å². The van der Waals surface area contributed by atoms with Gasteiger partial charge in [-0.05, 0) is 31.0 Å². The second kappa shape index (κ2) is 7.53. The summed E-state index contributed by atoms with van der Waals surface area (Å²) < 4.78 is 50.6. The summed E-state index contributed by atoms with van der Waals surface area (Å²) in [5.74, 6) is 0.309. The Morgan fingerprint density at radius 1 is 1.10 bits per heavy atom. The van der Waals surface area contributed by atoms with Gasteiger partial charge in [0.25, 0.3) is 0 Å². The molecule has 1 rings (SSSR count). The van der Waals surface area contributed by atoms with Crippen LogP contribution >= 0.6 is 23.2 Å². The van der Waals surface area contributed by atoms with Crippen molar-refractivity contribution >= 4 is 54.6 Å². The lowest BCUT2D eigenvalue weighted by atomic mass is 10.3. The Kier molecular flexibility index (Phi) is 6.58. The highest BCUT2D eigenvalue weighted by Gasteiger charge is 2.13. The van der Waals surface area contributed by atoms with Gasteiger partial charge in [0, 0.05) is 5.88 Å². The molecule has 0 aliphatic rings. The zero-order valence-electron chi connectivity index (χ0n) is 11.3. The molecule has 10 heteroatoms. The first-order valence-corrected chi connectivity index (χ1v) is 10.4. The molecule has 0 heterocycles. The molecular formula is C11H16Cl2N2O4S2. The van der Waals surface area contributed by atoms with Crippen molar-refractivity contribution < 1.29 is 16.8 Å². The molecule has 0 saturated carbocycles. The van der Waals surface area contributed by atoms with E-state index in [0.717, 1.165) is 6.26 Å². The summed E-state index contributed by atoms with van der Waals surface area (Å²) in [7, 11) is -7.01. The minimum Gasteiger partial charge on any atom is -0.284 e. The van der Waals surface area contributed by atoms with Gasteiger partial charge in [0.1, 0.15) is 0 Å². The van der Waals surface area contributed by atoms with E-state index in [0.29, 0.717) is 18.7 Å². The molecule has 1 aromatic carbocycles. The van der Waals surface area contributed by atoms with Gasteiger partial charge in [-0.25, -0.2) is 16.8 Å². The topological polar surface area (TPSA) is 92.3 Å². The Morgan fingerprint density at radius 3 is 2.33 bits per heavy atom. The summed E-state index contributed by atoms with van der Waals surface area (Å²) in [6, 6.07) is 4.17. The molecular weight excluding hydrogens is 359 g/mol. The SMILES string of the molecule is CS(=O)(=O)Nc1ccc(Cl)c(NS(=O)(=O)CCCCCl)c1. The van der Waals surface area contributed by atoms with Gasteiger partial charge in [-0.3, -0.25) is 9.44 Å². The zero-order valence-corrected chi connectivity index (χ0v) is 14.4. The fourth-order valence-electron chi connectivity index (χ4n) is 1.49. The standard InChI is InChI=1S/C11H16Cl2N2O4S2/c1-20(16,17)14-9-4-5-10(13)11(8-9)15-21(18,19)7-3-2-6-12/h4-5,8,14-15H,2-3,6-7H2,1H3. The van der Waals surface area contributed by atoms with E-state index in [9.17, 15) is 16.8 Å². The van der Waals surface area contributed by atoms with Crippen LogP contribution in [-0.4, -0.2) is 34.7 Å². The van der Waals surface area contributed by atoms with Crippen LogP contribution in [0.15, 0.2) is 18.2 Å². The average Bonchev–Trinajstić information content (AvgIpc) is 2.31. The van der Waals surface area contributed by atoms with E-state index >= 15 is 0 Å². The summed E-state index contributed by atoms with van der Waals surface area (Å²) in [5, 5.41) is 0.176. The van der Waals surface area contributed by atoms with Gasteiger partial charge >= 0.3 is 0 Å². The molecule has 6 nitrogen and oxygen atoms in total. The molecule has 21 heavy (non-hydrogen) atoms. The second-order valence-electron chi connectivity index (χ2n) is 4.39. The molecule has 0 aromatic heterocycles. The van der Waals surface area contributed by atoms with Gasteiger partial charge in [0.2, 0.25) is 20.0 Å². The van der Waals surface area contributed by atoms with Crippen molar-refractivity contribution in [2.45, 2.75) is 12.8 Å². The number of hydrogen-bond donors (Lipinski definition) is 2. The Morgan fingerprint density at radius 2 is 1.76 bits per heavy atom. The number of anilines is 2. The molecule has 0 atom stereocenters. The molecule has 0 spiro atoms. The molecule has 120 valence electrons. The van der Waals surface area contributed by atoms with E-state index in [1.165, 1.54) is 18.2 Å². The van der Waals surface area contributed by atoms with E-state index in [4.69, 9.17) is 23.2 Å². The molecule has 0 aliphatic carbocycles. The molecule has 0 saturated heterocycles. The number of rotatable bonds is 8. The molecule has 1 aromatic rings. The van der Waals surface area contributed by atoms with Crippen molar-refractivity contribution in [3.63, 3.8) is 0 Å². The lowest BCUT2D eigenvalue weighted by molar-refractivity contribution is 0.597. The number of alkyl halides is 1. The quantitative estimate of drug-likeness (QED) is 0.539. The zero-order chi connectivity index (χ0) is 16.1. The fraction of sp³-hybridized carbons (Fsp3) is 0.455. The van der Waals surface area contributed by atoms with Gasteiger partial charge in [-0.2, -0.15) is 0 Å². The monoisotopic (exact) mass is 374 g/mol. The Balaban J connectivity index is 2.89. The summed E-state index contributed by atoms with van der Waals surface area (Å²) in [6.45, 7) is 0. The van der Waals surface area contributed by atoms with E-state index in [2.05, 4.69) is 9.44 Å². The number of unbranched alkanes of at least 4 members (excludes halogenated alkanes) is 1. The number of nitrogens with one attached hydrogen (secondary N) is 2. The first kappa shape index (κ1) is 18.3. The number of hydrogen-bond acceptors (Lipinski definition) is 4. The summed E-state index contributed by atoms with van der Waals surface area (Å²) in [5.41, 5.74) is 0.344. The first-order chi connectivity index (χ1) is 9.63. The van der Waals surface area contributed by atoms with E-state index in [1.807, 2.05) is 0 Å². The predicted molar refractivity (Wildman–Crippen MR) is 87.3 cm³/mol. The van der Waals surface area contributed by atoms with Crippen LogP contribution in [-0.2, 0) is 20.0 Å². The van der Waals surface area contributed by atoms with Crippen molar-refractivity contribution in [1.29, 1.82) is 0 Å². The van der Waals surface area contributed by atoms with Gasteiger partial charge in [-0.1, -0.05) is 11.6 Å². The highest BCUT2D eigenvalue weighted by molar-refractivity contribution is 7.92. The van der Waals surface area contributed by atoms with Gasteiger partial charge in [-0.15, -0.1) is 11.6 Å². The molecule has 0 bridgehead atoms. The van der Waals surface area contributed by atoms with E-state index < -0.39 is 20.0 Å². The van der Waals surface area contributed by atoms with Gasteiger partial charge in [0.15, 0.2) is 0 Å². The molecule has 0 unspecified atom stereocenters. The smallest absolute Gasteiger partial charge is 0.232 e. The molecule has 0 fully saturated rings. The maximum atomic E-state index is 11.9. The third kappa shape index (κ3) is 7.21. The number of halogens is 2. The first-order valence-electron chi connectivity index (χ1n) is 5.97. The summed E-state index contributed by atoms with van der Waals surface area (Å²) >= 11 is 11.4. The Hall–Kier alpha value is -0.700. The normalized spacial score (nSPS) is 12.1. The van der Waals surface area contributed by atoms with Crippen LogP contribution in [0.3, 0.4) is 0 Å². The maximum Gasteiger partial charge on any atom is 0.232 e. The minimum atomic E-state index is -3.56. The van der Waals surface area contributed by atoms with Gasteiger partial charge < -0.3 is 0 Å². The third-order valence-corrected chi connectivity index (χ3v) is 4.89. The van der Waals surface area contributed by atoms with Crippen LogP contribution < -0.4 is 9.44 Å². The largest absolute Gasteiger partial charge is 0.284 e. The van der Waals surface area contributed by atoms with Crippen molar-refractivity contribution in [3.8, 4) is 0 Å². The third-order valence-electron chi connectivity index (χ3n) is 2.33. The van der Waals surface area contributed by atoms with E-state index in [1.54, 1.807) is 0 Å². The van der Waals surface area contributed by atoms with Crippen LogP contribution in [0, 0.1) is 0 Å². The molecule has 0 radical (unpaired) electrons. The van der Waals surface area contributed by atoms with E-state index in [-0.39, 0.29) is 22.2 Å². The highest BCUT2D eigenvalue weighted by Crippen LogP contribution is 2.27. The van der Waals surface area contributed by atoms with Crippen molar-refractivity contribution in [2.24, 2.45) is 0 Å². The van der Waals surface area contributed by atoms with Crippen molar-refractivity contribution in [3.05, 3.63) is 23.2 Å². The lowest BCUT2D eigenvalue weighted by Gasteiger charge is -2.11. The Bertz CT molecular complexity index is 690.